The van der Waals surface area contributed by atoms with Gasteiger partial charge in [-0.15, -0.1) is 0 Å². The normalized spacial score (nSPS) is 14.4. The number of carbonyl (C=O) groups is 1. The van der Waals surface area contributed by atoms with E-state index in [2.05, 4.69) is 0 Å². The van der Waals surface area contributed by atoms with Gasteiger partial charge in [0.2, 0.25) is 10.0 Å². The third-order valence-electron chi connectivity index (χ3n) is 4.03. The molecule has 0 spiro atoms. The highest BCUT2D eigenvalue weighted by Crippen LogP contribution is 2.29. The van der Waals surface area contributed by atoms with Gasteiger partial charge in [0.15, 0.2) is 0 Å². The largest absolute Gasteiger partial charge is 0.303 e. The number of likely N-dealkylation sites (N-methyl/N-ethyl adjacent to an activating group) is 1. The molecule has 5 heteroatoms. The predicted molar refractivity (Wildman–Crippen MR) is 90.7 cm³/mol. The molecule has 0 aliphatic carbocycles. The molecular formula is C18H21NO3S. The summed E-state index contributed by atoms with van der Waals surface area (Å²) in [6, 6.07) is 17.9. The molecule has 0 radical (unpaired) electrons. The van der Waals surface area contributed by atoms with Crippen molar-refractivity contribution in [1.29, 1.82) is 0 Å². The van der Waals surface area contributed by atoms with Crippen LogP contribution in [0.1, 0.15) is 18.9 Å². The number of aldehydes is 1. The smallest absolute Gasteiger partial charge is 0.242 e. The molecule has 0 amide bonds. The zero-order valence-electron chi connectivity index (χ0n) is 13.3. The van der Waals surface area contributed by atoms with Crippen LogP contribution in [0.25, 0.3) is 0 Å². The molecule has 0 saturated heterocycles. The minimum atomic E-state index is -3.58. The van der Waals surface area contributed by atoms with Crippen molar-refractivity contribution < 1.29 is 13.2 Å². The number of nitrogens with zero attached hydrogens (tertiary/aromatic N) is 1. The fraction of sp³-hybridized carbons (Fsp3) is 0.278. The summed E-state index contributed by atoms with van der Waals surface area (Å²) in [5.41, 5.74) is 0.377. The maximum Gasteiger partial charge on any atom is 0.242 e. The van der Waals surface area contributed by atoms with Gasteiger partial charge >= 0.3 is 0 Å². The molecule has 0 saturated carbocycles. The van der Waals surface area contributed by atoms with Gasteiger partial charge in [0.05, 0.1) is 4.90 Å². The van der Waals surface area contributed by atoms with Crippen molar-refractivity contribution in [3.8, 4) is 0 Å². The molecular weight excluding hydrogens is 310 g/mol. The first-order chi connectivity index (χ1) is 10.9. The Morgan fingerprint density at radius 3 is 2.04 bits per heavy atom. The maximum atomic E-state index is 12.7. The minimum Gasteiger partial charge on any atom is -0.303 e. The first-order valence-electron chi connectivity index (χ1n) is 7.41. The van der Waals surface area contributed by atoms with E-state index < -0.39 is 15.4 Å². The van der Waals surface area contributed by atoms with Crippen LogP contribution in [0.5, 0.6) is 0 Å². The third kappa shape index (κ3) is 3.86. The molecule has 122 valence electrons. The molecule has 0 aliphatic rings. The number of hydrogen-bond donors (Lipinski definition) is 0. The Bertz CT molecular complexity index is 744. The van der Waals surface area contributed by atoms with Crippen molar-refractivity contribution in [2.24, 2.45) is 0 Å². The van der Waals surface area contributed by atoms with Crippen LogP contribution >= 0.6 is 0 Å². The van der Waals surface area contributed by atoms with Crippen LogP contribution in [0.4, 0.5) is 0 Å². The van der Waals surface area contributed by atoms with Crippen molar-refractivity contribution in [3.05, 3.63) is 66.2 Å². The SMILES string of the molecule is CN(CC(C)(CC=O)c1ccccc1)S(=O)(=O)c1ccccc1. The predicted octanol–water partition coefficient (Wildman–Crippen LogP) is 2.85. The number of hydrogen-bond acceptors (Lipinski definition) is 3. The van der Waals surface area contributed by atoms with Crippen molar-refractivity contribution in [1.82, 2.24) is 4.31 Å². The van der Waals surface area contributed by atoms with Gasteiger partial charge in [-0.2, -0.15) is 0 Å². The fourth-order valence-electron chi connectivity index (χ4n) is 2.65. The van der Waals surface area contributed by atoms with E-state index in [4.69, 9.17) is 0 Å². The molecule has 0 fully saturated rings. The Hall–Kier alpha value is -1.98. The highest BCUT2D eigenvalue weighted by molar-refractivity contribution is 7.89. The van der Waals surface area contributed by atoms with Crippen LogP contribution < -0.4 is 0 Å². The van der Waals surface area contributed by atoms with Gasteiger partial charge in [0.25, 0.3) is 0 Å². The van der Waals surface area contributed by atoms with Gasteiger partial charge in [0, 0.05) is 25.4 Å². The fourth-order valence-corrected chi connectivity index (χ4v) is 3.96. The molecule has 0 aliphatic heterocycles. The van der Waals surface area contributed by atoms with Crippen LogP contribution in [0.3, 0.4) is 0 Å². The van der Waals surface area contributed by atoms with Gasteiger partial charge in [-0.25, -0.2) is 12.7 Å². The number of sulfonamides is 1. The van der Waals surface area contributed by atoms with E-state index in [1.807, 2.05) is 37.3 Å². The molecule has 0 bridgehead atoms. The zero-order chi connectivity index (χ0) is 16.9. The summed E-state index contributed by atoms with van der Waals surface area (Å²) in [5, 5.41) is 0. The second kappa shape index (κ2) is 7.06. The van der Waals surface area contributed by atoms with E-state index in [0.29, 0.717) is 0 Å². The second-order valence-electron chi connectivity index (χ2n) is 5.87. The van der Waals surface area contributed by atoms with Gasteiger partial charge < -0.3 is 4.79 Å². The highest BCUT2D eigenvalue weighted by Gasteiger charge is 2.32. The van der Waals surface area contributed by atoms with Crippen molar-refractivity contribution in [3.63, 3.8) is 0 Å². The maximum absolute atomic E-state index is 12.7. The third-order valence-corrected chi connectivity index (χ3v) is 5.85. The standard InChI is InChI=1S/C18H21NO3S/c1-18(13-14-20,16-9-5-3-6-10-16)15-19(2)23(21,22)17-11-7-4-8-12-17/h3-12,14H,13,15H2,1-2H3. The summed E-state index contributed by atoms with van der Waals surface area (Å²) in [6.07, 6.45) is 1.10. The summed E-state index contributed by atoms with van der Waals surface area (Å²) in [5.74, 6) is 0. The van der Waals surface area contributed by atoms with E-state index in [1.165, 1.54) is 4.31 Å². The summed E-state index contributed by atoms with van der Waals surface area (Å²) >= 11 is 0. The lowest BCUT2D eigenvalue weighted by Gasteiger charge is -2.32. The van der Waals surface area contributed by atoms with Gasteiger partial charge in [-0.3, -0.25) is 0 Å². The zero-order valence-corrected chi connectivity index (χ0v) is 14.2. The topological polar surface area (TPSA) is 54.5 Å². The number of carbonyl (C=O) groups excluding carboxylic acids is 1. The van der Waals surface area contributed by atoms with Crippen LogP contribution in [0.2, 0.25) is 0 Å². The number of benzene rings is 2. The Morgan fingerprint density at radius 1 is 1.00 bits per heavy atom. The molecule has 0 N–H and O–H groups in total. The van der Waals surface area contributed by atoms with Crippen LogP contribution in [0, 0.1) is 0 Å². The lowest BCUT2D eigenvalue weighted by atomic mass is 9.80. The van der Waals surface area contributed by atoms with Crippen molar-refractivity contribution in [2.75, 3.05) is 13.6 Å². The molecule has 23 heavy (non-hydrogen) atoms. The summed E-state index contributed by atoms with van der Waals surface area (Å²) < 4.78 is 26.7. The number of rotatable bonds is 7. The van der Waals surface area contributed by atoms with E-state index in [-0.39, 0.29) is 17.9 Å². The van der Waals surface area contributed by atoms with E-state index in [1.54, 1.807) is 37.4 Å². The summed E-state index contributed by atoms with van der Waals surface area (Å²) in [4.78, 5) is 11.4. The van der Waals surface area contributed by atoms with E-state index >= 15 is 0 Å². The lowest BCUT2D eigenvalue weighted by Crippen LogP contribution is -2.40. The van der Waals surface area contributed by atoms with Gasteiger partial charge in [-0.05, 0) is 17.7 Å². The second-order valence-corrected chi connectivity index (χ2v) is 7.92. The van der Waals surface area contributed by atoms with E-state index in [9.17, 15) is 13.2 Å². The molecule has 2 aromatic carbocycles. The quantitative estimate of drug-likeness (QED) is 0.733. The average Bonchev–Trinajstić information content (AvgIpc) is 2.56. The molecule has 0 heterocycles. The van der Waals surface area contributed by atoms with Crippen molar-refractivity contribution in [2.45, 2.75) is 23.7 Å². The van der Waals surface area contributed by atoms with E-state index in [0.717, 1.165) is 11.8 Å². The Morgan fingerprint density at radius 2 is 1.52 bits per heavy atom. The minimum absolute atomic E-state index is 0.229. The molecule has 1 atom stereocenters. The Kier molecular flexibility index (Phi) is 5.34. The summed E-state index contributed by atoms with van der Waals surface area (Å²) in [7, 11) is -2.03. The van der Waals surface area contributed by atoms with Gasteiger partial charge in [0.1, 0.15) is 6.29 Å². The first kappa shape index (κ1) is 17.4. The molecule has 4 nitrogen and oxygen atoms in total. The van der Waals surface area contributed by atoms with Crippen LogP contribution in [0.15, 0.2) is 65.6 Å². The molecule has 2 aromatic rings. The summed E-state index contributed by atoms with van der Waals surface area (Å²) in [6.45, 7) is 2.14. The van der Waals surface area contributed by atoms with Crippen molar-refractivity contribution >= 4 is 16.3 Å². The Balaban J connectivity index is 2.32. The molecule has 1 unspecified atom stereocenters. The Labute approximate surface area is 137 Å². The molecule has 2 rings (SSSR count). The monoisotopic (exact) mass is 331 g/mol. The average molecular weight is 331 g/mol. The highest BCUT2D eigenvalue weighted by atomic mass is 32.2. The molecule has 0 aromatic heterocycles. The van der Waals surface area contributed by atoms with Crippen LogP contribution in [-0.4, -0.2) is 32.6 Å². The van der Waals surface area contributed by atoms with Crippen LogP contribution in [-0.2, 0) is 20.2 Å². The van der Waals surface area contributed by atoms with Gasteiger partial charge in [-0.1, -0.05) is 55.5 Å². The lowest BCUT2D eigenvalue weighted by molar-refractivity contribution is -0.108. The first-order valence-corrected chi connectivity index (χ1v) is 8.85.